The molecule has 0 saturated heterocycles. The van der Waals surface area contributed by atoms with E-state index >= 15 is 0 Å². The van der Waals surface area contributed by atoms with Crippen LogP contribution < -0.4 is 9.80 Å². The molecule has 3 amide bonds. The Balaban J connectivity index is 1.80. The minimum absolute atomic E-state index is 0.0238. The molecule has 1 aliphatic rings. The molecule has 0 fully saturated rings. The van der Waals surface area contributed by atoms with Crippen molar-refractivity contribution in [3.63, 3.8) is 0 Å². The molecule has 0 N–H and O–H groups in total. The van der Waals surface area contributed by atoms with Crippen molar-refractivity contribution < 1.29 is 32.0 Å². The summed E-state index contributed by atoms with van der Waals surface area (Å²) in [5.41, 5.74) is 1.86. The molecule has 0 radical (unpaired) electrons. The topological polar surface area (TPSA) is 74.1 Å². The van der Waals surface area contributed by atoms with Crippen LogP contribution in [0.3, 0.4) is 0 Å². The molecule has 0 bridgehead atoms. The van der Waals surface area contributed by atoms with Crippen LogP contribution in [0.25, 0.3) is 11.1 Å². The molecule has 0 saturated carbocycles. The van der Waals surface area contributed by atoms with Gasteiger partial charge in [0.25, 0.3) is 11.8 Å². The van der Waals surface area contributed by atoms with Gasteiger partial charge < -0.3 is 14.2 Å². The van der Waals surface area contributed by atoms with Crippen LogP contribution in [-0.2, 0) is 4.79 Å². The van der Waals surface area contributed by atoms with Crippen molar-refractivity contribution >= 4 is 29.1 Å². The Bertz CT molecular complexity index is 1270. The second-order valence-corrected chi connectivity index (χ2v) is 8.40. The Morgan fingerprint density at radius 1 is 0.971 bits per heavy atom. The van der Waals surface area contributed by atoms with E-state index in [-0.39, 0.29) is 29.6 Å². The smallest absolute Gasteiger partial charge is 0.459 e. The van der Waals surface area contributed by atoms with Crippen molar-refractivity contribution in [3.8, 4) is 11.1 Å². The van der Waals surface area contributed by atoms with Gasteiger partial charge in [0.15, 0.2) is 5.76 Å². The minimum atomic E-state index is -5.08. The molecule has 1 atom stereocenters. The Morgan fingerprint density at radius 3 is 2.20 bits per heavy atom. The first kappa shape index (κ1) is 24.1. The highest BCUT2D eigenvalue weighted by Crippen LogP contribution is 2.41. The molecule has 2 aromatic carbocycles. The predicted octanol–water partition coefficient (Wildman–Crippen LogP) is 4.59. The second-order valence-electron chi connectivity index (χ2n) is 8.40. The van der Waals surface area contributed by atoms with Crippen molar-refractivity contribution in [2.75, 3.05) is 30.4 Å². The molecule has 10 heteroatoms. The van der Waals surface area contributed by atoms with E-state index in [1.807, 2.05) is 0 Å². The fourth-order valence-corrected chi connectivity index (χ4v) is 4.04. The van der Waals surface area contributed by atoms with Gasteiger partial charge in [-0.1, -0.05) is 18.2 Å². The van der Waals surface area contributed by atoms with Gasteiger partial charge >= 0.3 is 12.1 Å². The zero-order valence-corrected chi connectivity index (χ0v) is 19.2. The van der Waals surface area contributed by atoms with Gasteiger partial charge in [0.2, 0.25) is 0 Å². The third-order valence-corrected chi connectivity index (χ3v) is 5.72. The van der Waals surface area contributed by atoms with E-state index in [2.05, 4.69) is 0 Å². The number of alkyl halides is 3. The molecule has 2 heterocycles. The summed E-state index contributed by atoms with van der Waals surface area (Å²) in [6, 6.07) is 13.3. The number of carbonyl (C=O) groups excluding carboxylic acids is 3. The summed E-state index contributed by atoms with van der Waals surface area (Å²) >= 11 is 0. The van der Waals surface area contributed by atoms with E-state index in [1.54, 1.807) is 50.5 Å². The Morgan fingerprint density at radius 2 is 1.63 bits per heavy atom. The molecule has 7 nitrogen and oxygen atoms in total. The first-order chi connectivity index (χ1) is 16.5. The highest BCUT2D eigenvalue weighted by molar-refractivity contribution is 6.11. The summed E-state index contributed by atoms with van der Waals surface area (Å²) in [5, 5.41) is 0. The molecule has 4 rings (SSSR count). The molecule has 0 aliphatic carbocycles. The highest BCUT2D eigenvalue weighted by atomic mass is 19.4. The van der Waals surface area contributed by atoms with Crippen molar-refractivity contribution in [2.24, 2.45) is 0 Å². The third kappa shape index (κ3) is 4.51. The molecule has 35 heavy (non-hydrogen) atoms. The van der Waals surface area contributed by atoms with Crippen molar-refractivity contribution in [1.82, 2.24) is 4.90 Å². The average molecular weight is 485 g/mol. The molecular formula is C25H22F3N3O4. The maximum atomic E-state index is 13.4. The predicted molar refractivity (Wildman–Crippen MR) is 123 cm³/mol. The van der Waals surface area contributed by atoms with Crippen molar-refractivity contribution in [2.45, 2.75) is 19.1 Å². The lowest BCUT2D eigenvalue weighted by atomic mass is 9.99. The summed E-state index contributed by atoms with van der Waals surface area (Å²) < 4.78 is 45.3. The van der Waals surface area contributed by atoms with Crippen molar-refractivity contribution in [1.29, 1.82) is 0 Å². The van der Waals surface area contributed by atoms with Crippen LogP contribution in [0.15, 0.2) is 65.3 Å². The number of hydrogen-bond acceptors (Lipinski definition) is 4. The number of amides is 3. The fourth-order valence-electron chi connectivity index (χ4n) is 4.04. The van der Waals surface area contributed by atoms with E-state index in [1.165, 1.54) is 41.2 Å². The van der Waals surface area contributed by atoms with Crippen LogP contribution in [-0.4, -0.2) is 55.5 Å². The SMILES string of the molecule is CC1CN(C(=O)c2ccco2)c2cc(-c3ccc(C(=O)N(C)C)cc3)ccc2N1C(=O)C(F)(F)F. The number of hydrogen-bond donors (Lipinski definition) is 0. The number of anilines is 2. The summed E-state index contributed by atoms with van der Waals surface area (Å²) in [4.78, 5) is 41.0. The first-order valence-electron chi connectivity index (χ1n) is 10.7. The number of fused-ring (bicyclic) bond motifs is 1. The molecule has 0 spiro atoms. The number of carbonyl (C=O) groups is 3. The Hall–Kier alpha value is -4.08. The quantitative estimate of drug-likeness (QED) is 0.544. The molecule has 1 aromatic heterocycles. The van der Waals surface area contributed by atoms with E-state index < -0.39 is 24.0 Å². The standard InChI is InChI=1S/C25H22F3N3O4/c1-15-14-30(23(33)21-5-4-12-35-21)20-13-18(10-11-19(20)31(15)24(34)25(26,27)28)16-6-8-17(9-7-16)22(32)29(2)3/h4-13,15H,14H2,1-3H3. The lowest BCUT2D eigenvalue weighted by Gasteiger charge is -2.41. The maximum absolute atomic E-state index is 13.4. The number of nitrogens with zero attached hydrogens (tertiary/aromatic N) is 3. The largest absolute Gasteiger partial charge is 0.471 e. The molecular weight excluding hydrogens is 463 g/mol. The van der Waals surface area contributed by atoms with Crippen LogP contribution in [0.2, 0.25) is 0 Å². The summed E-state index contributed by atoms with van der Waals surface area (Å²) in [6.45, 7) is 1.29. The highest BCUT2D eigenvalue weighted by Gasteiger charge is 2.47. The van der Waals surface area contributed by atoms with E-state index in [0.29, 0.717) is 21.6 Å². The van der Waals surface area contributed by atoms with Gasteiger partial charge in [-0.25, -0.2) is 0 Å². The van der Waals surface area contributed by atoms with Gasteiger partial charge in [0, 0.05) is 26.2 Å². The monoisotopic (exact) mass is 485 g/mol. The van der Waals surface area contributed by atoms with Crippen molar-refractivity contribution in [3.05, 3.63) is 72.2 Å². The van der Waals surface area contributed by atoms with Gasteiger partial charge in [0.1, 0.15) is 0 Å². The number of benzene rings is 2. The van der Waals surface area contributed by atoms with E-state index in [0.717, 1.165) is 0 Å². The summed E-state index contributed by atoms with van der Waals surface area (Å²) in [7, 11) is 3.28. The van der Waals surface area contributed by atoms with Gasteiger partial charge in [-0.15, -0.1) is 0 Å². The van der Waals surface area contributed by atoms with Crippen LogP contribution in [0.5, 0.6) is 0 Å². The zero-order valence-electron chi connectivity index (χ0n) is 19.2. The first-order valence-corrected chi connectivity index (χ1v) is 10.7. The van der Waals surface area contributed by atoms with Crippen LogP contribution >= 0.6 is 0 Å². The number of halogens is 3. The normalized spacial score (nSPS) is 15.5. The van der Waals surface area contributed by atoms with Gasteiger partial charge in [-0.2, -0.15) is 13.2 Å². The van der Waals surface area contributed by atoms with Crippen LogP contribution in [0, 0.1) is 0 Å². The lowest BCUT2D eigenvalue weighted by molar-refractivity contribution is -0.170. The number of furan rings is 1. The van der Waals surface area contributed by atoms with Crippen LogP contribution in [0.1, 0.15) is 27.8 Å². The molecule has 1 unspecified atom stereocenters. The van der Waals surface area contributed by atoms with E-state index in [4.69, 9.17) is 4.42 Å². The molecule has 3 aromatic rings. The van der Waals surface area contributed by atoms with Gasteiger partial charge in [-0.05, 0) is 54.4 Å². The summed E-state index contributed by atoms with van der Waals surface area (Å²) in [5.74, 6) is -2.69. The minimum Gasteiger partial charge on any atom is -0.459 e. The molecule has 182 valence electrons. The summed E-state index contributed by atoms with van der Waals surface area (Å²) in [6.07, 6.45) is -3.75. The Kier molecular flexibility index (Phi) is 6.14. The number of rotatable bonds is 3. The van der Waals surface area contributed by atoms with Gasteiger partial charge in [-0.3, -0.25) is 19.3 Å². The lowest BCUT2D eigenvalue weighted by Crippen LogP contribution is -2.55. The van der Waals surface area contributed by atoms with Gasteiger partial charge in [0.05, 0.1) is 23.7 Å². The molecule has 1 aliphatic heterocycles. The van der Waals surface area contributed by atoms with Crippen LogP contribution in [0.4, 0.5) is 24.5 Å². The Labute approximate surface area is 199 Å². The maximum Gasteiger partial charge on any atom is 0.471 e. The second kappa shape index (κ2) is 8.94. The average Bonchev–Trinajstić information content (AvgIpc) is 3.36. The fraction of sp³-hybridized carbons (Fsp3) is 0.240. The zero-order chi connectivity index (χ0) is 25.5. The third-order valence-electron chi connectivity index (χ3n) is 5.72. The van der Waals surface area contributed by atoms with E-state index in [9.17, 15) is 27.6 Å².